The summed E-state index contributed by atoms with van der Waals surface area (Å²) in [5.41, 5.74) is 6.02. The van der Waals surface area contributed by atoms with Crippen molar-refractivity contribution in [2.24, 2.45) is 0 Å². The largest absolute Gasteiger partial charge is 0.366 e. The predicted molar refractivity (Wildman–Crippen MR) is 104 cm³/mol. The first-order chi connectivity index (χ1) is 12.0. The Morgan fingerprint density at radius 3 is 2.36 bits per heavy atom. The molecule has 0 atom stereocenters. The molecule has 0 fully saturated rings. The van der Waals surface area contributed by atoms with E-state index in [1.807, 2.05) is 13.0 Å². The van der Waals surface area contributed by atoms with Gasteiger partial charge in [0.1, 0.15) is 17.5 Å². The van der Waals surface area contributed by atoms with Gasteiger partial charge < -0.3 is 10.6 Å². The lowest BCUT2D eigenvalue weighted by Crippen LogP contribution is -2.06. The Balaban J connectivity index is 1.78. The first-order valence-corrected chi connectivity index (χ1v) is 8.49. The summed E-state index contributed by atoms with van der Waals surface area (Å²) >= 11 is 0. The third-order valence-electron chi connectivity index (χ3n) is 4.21. The standard InChI is InChI=1S/C21H24N4/c1-14-9-10-16(3)19(11-14)25-21-12-20(23-17(4)24-21)22-13-18-8-6-5-7-15(18)2/h5-12H,13H2,1-4H3,(H2,22,23,24,25). The Labute approximate surface area is 149 Å². The Kier molecular flexibility index (Phi) is 4.98. The molecule has 3 rings (SSSR count). The zero-order valence-electron chi connectivity index (χ0n) is 15.2. The van der Waals surface area contributed by atoms with Gasteiger partial charge in [-0.25, -0.2) is 9.97 Å². The third kappa shape index (κ3) is 4.35. The molecule has 0 saturated carbocycles. The van der Waals surface area contributed by atoms with Crippen LogP contribution in [-0.2, 0) is 6.54 Å². The first kappa shape index (κ1) is 17.0. The summed E-state index contributed by atoms with van der Waals surface area (Å²) in [4.78, 5) is 9.01. The van der Waals surface area contributed by atoms with Crippen LogP contribution in [0.2, 0.25) is 0 Å². The van der Waals surface area contributed by atoms with Crippen LogP contribution in [0.15, 0.2) is 48.5 Å². The second-order valence-electron chi connectivity index (χ2n) is 6.41. The van der Waals surface area contributed by atoms with Crippen LogP contribution < -0.4 is 10.6 Å². The molecule has 0 spiro atoms. The quantitative estimate of drug-likeness (QED) is 0.685. The van der Waals surface area contributed by atoms with Crippen molar-refractivity contribution >= 4 is 17.3 Å². The molecule has 1 heterocycles. The number of aromatic nitrogens is 2. The van der Waals surface area contributed by atoms with Crippen molar-refractivity contribution in [2.45, 2.75) is 34.2 Å². The lowest BCUT2D eigenvalue weighted by atomic mass is 10.1. The minimum atomic E-state index is 0.739. The molecule has 2 N–H and O–H groups in total. The van der Waals surface area contributed by atoms with Gasteiger partial charge in [0, 0.05) is 18.3 Å². The molecule has 25 heavy (non-hydrogen) atoms. The van der Waals surface area contributed by atoms with E-state index in [-0.39, 0.29) is 0 Å². The van der Waals surface area contributed by atoms with Crippen molar-refractivity contribution in [2.75, 3.05) is 10.6 Å². The molecule has 0 aliphatic carbocycles. The van der Waals surface area contributed by atoms with E-state index in [9.17, 15) is 0 Å². The summed E-state index contributed by atoms with van der Waals surface area (Å²) in [7, 11) is 0. The van der Waals surface area contributed by atoms with Crippen LogP contribution in [0.4, 0.5) is 17.3 Å². The van der Waals surface area contributed by atoms with Gasteiger partial charge in [0.25, 0.3) is 0 Å². The summed E-state index contributed by atoms with van der Waals surface area (Å²) in [6.07, 6.45) is 0. The van der Waals surface area contributed by atoms with E-state index in [1.165, 1.54) is 22.3 Å². The average Bonchev–Trinajstić information content (AvgIpc) is 2.57. The van der Waals surface area contributed by atoms with Crippen molar-refractivity contribution in [3.63, 3.8) is 0 Å². The molecule has 3 aromatic rings. The SMILES string of the molecule is Cc1ccc(C)c(Nc2cc(NCc3ccccc3C)nc(C)n2)c1. The lowest BCUT2D eigenvalue weighted by molar-refractivity contribution is 1.02. The van der Waals surface area contributed by atoms with Crippen LogP contribution in [0.5, 0.6) is 0 Å². The molecule has 2 aromatic carbocycles. The van der Waals surface area contributed by atoms with Crippen LogP contribution in [0.25, 0.3) is 0 Å². The minimum absolute atomic E-state index is 0.739. The fraction of sp³-hybridized carbons (Fsp3) is 0.238. The summed E-state index contributed by atoms with van der Waals surface area (Å²) in [5.74, 6) is 2.36. The second kappa shape index (κ2) is 7.34. The smallest absolute Gasteiger partial charge is 0.136 e. The van der Waals surface area contributed by atoms with Crippen molar-refractivity contribution in [3.8, 4) is 0 Å². The van der Waals surface area contributed by atoms with Gasteiger partial charge in [-0.05, 0) is 56.0 Å². The summed E-state index contributed by atoms with van der Waals surface area (Å²) in [6, 6.07) is 16.7. The number of anilines is 3. The molecule has 4 nitrogen and oxygen atoms in total. The molecule has 0 amide bonds. The maximum atomic E-state index is 4.51. The van der Waals surface area contributed by atoms with E-state index < -0.39 is 0 Å². The number of rotatable bonds is 5. The van der Waals surface area contributed by atoms with E-state index in [1.54, 1.807) is 0 Å². The zero-order valence-corrected chi connectivity index (χ0v) is 15.2. The molecule has 0 unspecified atom stereocenters. The number of benzene rings is 2. The highest BCUT2D eigenvalue weighted by Gasteiger charge is 2.05. The number of hydrogen-bond acceptors (Lipinski definition) is 4. The predicted octanol–water partition coefficient (Wildman–Crippen LogP) is 5.07. The van der Waals surface area contributed by atoms with Crippen molar-refractivity contribution < 1.29 is 0 Å². The van der Waals surface area contributed by atoms with Crippen molar-refractivity contribution in [3.05, 3.63) is 76.6 Å². The molecule has 0 saturated heterocycles. The second-order valence-corrected chi connectivity index (χ2v) is 6.41. The van der Waals surface area contributed by atoms with Crippen LogP contribution >= 0.6 is 0 Å². The molecule has 1 aromatic heterocycles. The van der Waals surface area contributed by atoms with Gasteiger partial charge in [-0.15, -0.1) is 0 Å². The van der Waals surface area contributed by atoms with E-state index in [0.717, 1.165) is 29.7 Å². The molecule has 0 aliphatic heterocycles. The van der Waals surface area contributed by atoms with Gasteiger partial charge in [-0.2, -0.15) is 0 Å². The molecule has 0 aliphatic rings. The average molecular weight is 332 g/mol. The summed E-state index contributed by atoms with van der Waals surface area (Å²) in [6.45, 7) is 8.95. The van der Waals surface area contributed by atoms with Gasteiger partial charge in [0.05, 0.1) is 0 Å². The highest BCUT2D eigenvalue weighted by atomic mass is 15.1. The number of hydrogen-bond donors (Lipinski definition) is 2. The molecule has 128 valence electrons. The van der Waals surface area contributed by atoms with Gasteiger partial charge in [0.2, 0.25) is 0 Å². The molecular formula is C21H24N4. The van der Waals surface area contributed by atoms with E-state index in [0.29, 0.717) is 0 Å². The molecule has 0 bridgehead atoms. The van der Waals surface area contributed by atoms with Crippen LogP contribution in [-0.4, -0.2) is 9.97 Å². The Morgan fingerprint density at radius 2 is 1.56 bits per heavy atom. The normalized spacial score (nSPS) is 10.6. The summed E-state index contributed by atoms with van der Waals surface area (Å²) < 4.78 is 0. The Bertz CT molecular complexity index is 887. The Hall–Kier alpha value is -2.88. The van der Waals surface area contributed by atoms with Crippen LogP contribution in [0.3, 0.4) is 0 Å². The number of aryl methyl sites for hydroxylation is 4. The minimum Gasteiger partial charge on any atom is -0.366 e. The highest BCUT2D eigenvalue weighted by Crippen LogP contribution is 2.22. The monoisotopic (exact) mass is 332 g/mol. The van der Waals surface area contributed by atoms with Crippen LogP contribution in [0, 0.1) is 27.7 Å². The molecular weight excluding hydrogens is 308 g/mol. The van der Waals surface area contributed by atoms with Gasteiger partial charge >= 0.3 is 0 Å². The van der Waals surface area contributed by atoms with E-state index in [2.05, 4.69) is 83.8 Å². The molecule has 4 heteroatoms. The van der Waals surface area contributed by atoms with Crippen molar-refractivity contribution in [1.29, 1.82) is 0 Å². The number of nitrogens with zero attached hydrogens (tertiary/aromatic N) is 2. The maximum absolute atomic E-state index is 4.51. The molecule has 0 radical (unpaired) electrons. The lowest BCUT2D eigenvalue weighted by Gasteiger charge is -2.13. The van der Waals surface area contributed by atoms with Gasteiger partial charge in [-0.3, -0.25) is 0 Å². The van der Waals surface area contributed by atoms with E-state index >= 15 is 0 Å². The van der Waals surface area contributed by atoms with Crippen molar-refractivity contribution in [1.82, 2.24) is 9.97 Å². The maximum Gasteiger partial charge on any atom is 0.136 e. The fourth-order valence-corrected chi connectivity index (χ4v) is 2.72. The highest BCUT2D eigenvalue weighted by molar-refractivity contribution is 5.63. The van der Waals surface area contributed by atoms with Gasteiger partial charge in [-0.1, -0.05) is 36.4 Å². The Morgan fingerprint density at radius 1 is 0.800 bits per heavy atom. The number of nitrogens with one attached hydrogen (secondary N) is 2. The van der Waals surface area contributed by atoms with E-state index in [4.69, 9.17) is 0 Å². The zero-order chi connectivity index (χ0) is 17.8. The van der Waals surface area contributed by atoms with Crippen LogP contribution in [0.1, 0.15) is 28.1 Å². The fourth-order valence-electron chi connectivity index (χ4n) is 2.72. The topological polar surface area (TPSA) is 49.8 Å². The first-order valence-electron chi connectivity index (χ1n) is 8.49. The third-order valence-corrected chi connectivity index (χ3v) is 4.21. The van der Waals surface area contributed by atoms with Gasteiger partial charge in [0.15, 0.2) is 0 Å². The summed E-state index contributed by atoms with van der Waals surface area (Å²) in [5, 5.41) is 6.82.